The van der Waals surface area contributed by atoms with Crippen LogP contribution in [0.1, 0.15) is 13.8 Å². The molecular formula is C14H11N2O6-. The van der Waals surface area contributed by atoms with E-state index in [0.29, 0.717) is 0 Å². The summed E-state index contributed by atoms with van der Waals surface area (Å²) in [6.45, 7) is 4.00. The van der Waals surface area contributed by atoms with Crippen molar-refractivity contribution in [3.8, 4) is 0 Å². The van der Waals surface area contributed by atoms with Crippen LogP contribution in [0, 0.1) is 6.42 Å². The number of anilines is 2. The van der Waals surface area contributed by atoms with Crippen molar-refractivity contribution in [3.05, 3.63) is 30.7 Å². The monoisotopic (exact) mass is 303 g/mol. The maximum atomic E-state index is 11.8. The van der Waals surface area contributed by atoms with Crippen molar-refractivity contribution in [1.29, 1.82) is 0 Å². The molecule has 22 heavy (non-hydrogen) atoms. The Morgan fingerprint density at radius 3 is 1.59 bits per heavy atom. The third kappa shape index (κ3) is 1.51. The number of para-hydroxylation sites is 2. The molecule has 8 nitrogen and oxygen atoms in total. The molecule has 1 spiro atoms. The number of rotatable bonds is 0. The summed E-state index contributed by atoms with van der Waals surface area (Å²) in [6.07, 6.45) is 2.00. The van der Waals surface area contributed by atoms with Crippen LogP contribution in [0.25, 0.3) is 0 Å². The molecular weight excluding hydrogens is 292 g/mol. The molecule has 0 aliphatic carbocycles. The second-order valence-corrected chi connectivity index (χ2v) is 4.67. The fraction of sp³-hybridized carbons (Fsp3) is 0.214. The third-order valence-electron chi connectivity index (χ3n) is 3.14. The van der Waals surface area contributed by atoms with Crippen LogP contribution in [0.5, 0.6) is 0 Å². The second kappa shape index (κ2) is 4.55. The standard InChI is InChI=1S/C11H4N2O6.C3H7/c14-7-9(16)18-11-12(7)5-3-1-2-4-6(5)13(11)8(15)10(17)19-11;1-3-2/h1-4H;3H,1-2H3/q;-1. The normalized spacial score (nSPS) is 19.9. The Hall–Kier alpha value is -2.90. The Morgan fingerprint density at radius 2 is 1.23 bits per heavy atom. The minimum atomic E-state index is -2.12. The molecule has 114 valence electrons. The van der Waals surface area contributed by atoms with Crippen molar-refractivity contribution in [1.82, 2.24) is 0 Å². The largest absolute Gasteiger partial charge is 0.454 e. The molecule has 0 atom stereocenters. The lowest BCUT2D eigenvalue weighted by Gasteiger charge is -2.25. The lowest BCUT2D eigenvalue weighted by atomic mass is 10.2. The van der Waals surface area contributed by atoms with Gasteiger partial charge >= 0.3 is 29.8 Å². The number of ether oxygens (including phenoxy) is 2. The number of hydrogen-bond donors (Lipinski definition) is 0. The number of benzene rings is 1. The van der Waals surface area contributed by atoms with Gasteiger partial charge in [0.1, 0.15) is 0 Å². The summed E-state index contributed by atoms with van der Waals surface area (Å²) in [5, 5.41) is 0. The molecule has 1 aromatic carbocycles. The molecule has 4 rings (SSSR count). The van der Waals surface area contributed by atoms with E-state index in [0.717, 1.165) is 9.80 Å². The summed E-state index contributed by atoms with van der Waals surface area (Å²) >= 11 is 0. The Balaban J connectivity index is 0.000000446. The van der Waals surface area contributed by atoms with Crippen LogP contribution < -0.4 is 9.80 Å². The first-order valence-corrected chi connectivity index (χ1v) is 6.46. The van der Waals surface area contributed by atoms with E-state index in [1.54, 1.807) is 12.1 Å². The van der Waals surface area contributed by atoms with Gasteiger partial charge in [-0.25, -0.2) is 19.4 Å². The summed E-state index contributed by atoms with van der Waals surface area (Å²) in [5.41, 5.74) is 0.554. The predicted octanol–water partition coefficient (Wildman–Crippen LogP) is 0.322. The van der Waals surface area contributed by atoms with Crippen LogP contribution >= 0.6 is 0 Å². The SMILES string of the molecule is C[CH-]C.O=C1OC23OC(=O)C(=O)N2c2ccccc2N3C1=O. The smallest absolute Gasteiger partial charge is 0.377 e. The number of esters is 2. The van der Waals surface area contributed by atoms with Gasteiger partial charge in [0, 0.05) is 0 Å². The number of carbonyl (C=O) groups excluding carboxylic acids is 4. The summed E-state index contributed by atoms with van der Waals surface area (Å²) in [5.74, 6) is -4.33. The van der Waals surface area contributed by atoms with E-state index in [9.17, 15) is 19.2 Å². The summed E-state index contributed by atoms with van der Waals surface area (Å²) < 4.78 is 9.66. The number of fused-ring (bicyclic) bond motifs is 3. The van der Waals surface area contributed by atoms with E-state index < -0.39 is 29.8 Å². The molecule has 2 saturated heterocycles. The van der Waals surface area contributed by atoms with Crippen LogP contribution in [0.15, 0.2) is 24.3 Å². The van der Waals surface area contributed by atoms with Crippen molar-refractivity contribution in [2.75, 3.05) is 9.80 Å². The summed E-state index contributed by atoms with van der Waals surface area (Å²) in [6, 6.07) is 4.17. The zero-order chi connectivity index (χ0) is 16.1. The average molecular weight is 303 g/mol. The van der Waals surface area contributed by atoms with E-state index in [1.807, 2.05) is 20.3 Å². The van der Waals surface area contributed by atoms with Crippen LogP contribution in [-0.4, -0.2) is 29.8 Å². The van der Waals surface area contributed by atoms with Gasteiger partial charge in [-0.3, -0.25) is 9.59 Å². The maximum Gasteiger partial charge on any atom is 0.454 e. The molecule has 0 bridgehead atoms. The summed E-state index contributed by atoms with van der Waals surface area (Å²) in [4.78, 5) is 48.2. The van der Waals surface area contributed by atoms with Gasteiger partial charge in [-0.15, -0.1) is 0 Å². The first-order valence-electron chi connectivity index (χ1n) is 6.46. The van der Waals surface area contributed by atoms with Crippen molar-refractivity contribution >= 4 is 35.1 Å². The van der Waals surface area contributed by atoms with E-state index in [2.05, 4.69) is 0 Å². The number of carbonyl (C=O) groups is 4. The van der Waals surface area contributed by atoms with Gasteiger partial charge < -0.3 is 15.9 Å². The molecule has 8 heteroatoms. The highest BCUT2D eigenvalue weighted by molar-refractivity contribution is 6.47. The molecule has 0 unspecified atom stereocenters. The fourth-order valence-corrected chi connectivity index (χ4v) is 2.44. The molecule has 1 aromatic rings. The average Bonchev–Trinajstić information content (AvgIpc) is 2.97. The van der Waals surface area contributed by atoms with Crippen LogP contribution in [0.3, 0.4) is 0 Å². The molecule has 3 heterocycles. The molecule has 0 aromatic heterocycles. The van der Waals surface area contributed by atoms with Gasteiger partial charge in [-0.2, -0.15) is 13.8 Å². The third-order valence-corrected chi connectivity index (χ3v) is 3.14. The predicted molar refractivity (Wildman–Crippen MR) is 72.0 cm³/mol. The molecule has 0 radical (unpaired) electrons. The first kappa shape index (κ1) is 14.1. The van der Waals surface area contributed by atoms with Gasteiger partial charge in [-0.1, -0.05) is 12.1 Å². The molecule has 0 N–H and O–H groups in total. The van der Waals surface area contributed by atoms with E-state index in [4.69, 9.17) is 9.47 Å². The molecule has 2 fully saturated rings. The topological polar surface area (TPSA) is 93.2 Å². The Labute approximate surface area is 125 Å². The number of amides is 2. The zero-order valence-corrected chi connectivity index (χ0v) is 11.7. The van der Waals surface area contributed by atoms with Crippen molar-refractivity contribution in [2.24, 2.45) is 0 Å². The van der Waals surface area contributed by atoms with Crippen molar-refractivity contribution in [3.63, 3.8) is 0 Å². The lowest BCUT2D eigenvalue weighted by Crippen LogP contribution is -2.53. The van der Waals surface area contributed by atoms with Crippen LogP contribution in [-0.2, 0) is 28.7 Å². The van der Waals surface area contributed by atoms with E-state index in [-0.39, 0.29) is 11.4 Å². The number of hydrogen-bond acceptors (Lipinski definition) is 6. The van der Waals surface area contributed by atoms with Crippen molar-refractivity contribution in [2.45, 2.75) is 19.9 Å². The maximum absolute atomic E-state index is 11.8. The minimum absolute atomic E-state index is 0.277. The van der Waals surface area contributed by atoms with E-state index in [1.165, 1.54) is 12.1 Å². The van der Waals surface area contributed by atoms with Gasteiger partial charge in [0.2, 0.25) is 0 Å². The fourth-order valence-electron chi connectivity index (χ4n) is 2.44. The van der Waals surface area contributed by atoms with Gasteiger partial charge in [0.15, 0.2) is 0 Å². The molecule has 3 aliphatic rings. The highest BCUT2D eigenvalue weighted by Crippen LogP contribution is 2.51. The number of nitrogens with zero attached hydrogens (tertiary/aromatic N) is 2. The highest BCUT2D eigenvalue weighted by Gasteiger charge is 2.73. The minimum Gasteiger partial charge on any atom is -0.377 e. The molecule has 3 aliphatic heterocycles. The Morgan fingerprint density at radius 1 is 0.864 bits per heavy atom. The van der Waals surface area contributed by atoms with Gasteiger partial charge in [0.05, 0.1) is 11.4 Å². The summed E-state index contributed by atoms with van der Waals surface area (Å²) in [7, 11) is 0. The Kier molecular flexibility index (Phi) is 2.91. The van der Waals surface area contributed by atoms with Gasteiger partial charge in [-0.05, 0) is 12.1 Å². The highest BCUT2D eigenvalue weighted by atomic mass is 16.8. The van der Waals surface area contributed by atoms with Gasteiger partial charge in [0.25, 0.3) is 0 Å². The second-order valence-electron chi connectivity index (χ2n) is 4.67. The Bertz CT molecular complexity index is 654. The van der Waals surface area contributed by atoms with Crippen LogP contribution in [0.4, 0.5) is 11.4 Å². The van der Waals surface area contributed by atoms with Crippen LogP contribution in [0.2, 0.25) is 0 Å². The lowest BCUT2D eigenvalue weighted by molar-refractivity contribution is -0.194. The van der Waals surface area contributed by atoms with Crippen molar-refractivity contribution < 1.29 is 28.7 Å². The van der Waals surface area contributed by atoms with E-state index >= 15 is 0 Å². The zero-order valence-electron chi connectivity index (χ0n) is 11.7. The quantitative estimate of drug-likeness (QED) is 0.389. The molecule has 0 saturated carbocycles. The first-order chi connectivity index (χ1) is 10.5. The molecule has 2 amide bonds.